The van der Waals surface area contributed by atoms with E-state index in [-0.39, 0.29) is 18.4 Å². The highest BCUT2D eigenvalue weighted by atomic mass is 16.6. The van der Waals surface area contributed by atoms with Crippen LogP contribution in [0.15, 0.2) is 24.3 Å². The lowest BCUT2D eigenvalue weighted by Crippen LogP contribution is -2.14. The first-order chi connectivity index (χ1) is 9.70. The lowest BCUT2D eigenvalue weighted by molar-refractivity contribution is -0.117. The second kappa shape index (κ2) is 7.05. The topological polar surface area (TPSA) is 64.6 Å². The Bertz CT molecular complexity index is 483. The minimum absolute atomic E-state index is 0.0202. The Morgan fingerprint density at radius 2 is 2.10 bits per heavy atom. The smallest absolute Gasteiger partial charge is 0.338 e. The molecule has 1 aromatic carbocycles. The highest BCUT2D eigenvalue weighted by molar-refractivity contribution is 5.96. The third-order valence-corrected chi connectivity index (χ3v) is 2.98. The van der Waals surface area contributed by atoms with Crippen molar-refractivity contribution < 1.29 is 19.1 Å². The number of ether oxygens (including phenoxy) is 2. The number of esters is 1. The Morgan fingerprint density at radius 1 is 1.30 bits per heavy atom. The predicted octanol–water partition coefficient (Wildman–Crippen LogP) is 2.23. The van der Waals surface area contributed by atoms with E-state index in [9.17, 15) is 9.59 Å². The van der Waals surface area contributed by atoms with Crippen LogP contribution in [0.4, 0.5) is 5.69 Å². The van der Waals surface area contributed by atoms with Crippen LogP contribution in [0.25, 0.3) is 0 Å². The van der Waals surface area contributed by atoms with Crippen LogP contribution >= 0.6 is 0 Å². The van der Waals surface area contributed by atoms with Crippen molar-refractivity contribution >= 4 is 17.6 Å². The SMILES string of the molecule is CCOCCOC(=O)c1cccc(NC(=O)C2CC2)c1. The second-order valence-electron chi connectivity index (χ2n) is 4.68. The largest absolute Gasteiger partial charge is 0.460 e. The number of hydrogen-bond acceptors (Lipinski definition) is 4. The van der Waals surface area contributed by atoms with Gasteiger partial charge in [-0.1, -0.05) is 6.07 Å². The Hall–Kier alpha value is -1.88. The maximum Gasteiger partial charge on any atom is 0.338 e. The van der Waals surface area contributed by atoms with Gasteiger partial charge in [-0.2, -0.15) is 0 Å². The van der Waals surface area contributed by atoms with Gasteiger partial charge in [0.1, 0.15) is 6.61 Å². The Labute approximate surface area is 118 Å². The van der Waals surface area contributed by atoms with E-state index in [4.69, 9.17) is 9.47 Å². The maximum atomic E-state index is 11.8. The molecule has 5 nitrogen and oxygen atoms in total. The van der Waals surface area contributed by atoms with Crippen LogP contribution in [0.5, 0.6) is 0 Å². The van der Waals surface area contributed by atoms with Crippen LogP contribution in [0.1, 0.15) is 30.1 Å². The Morgan fingerprint density at radius 3 is 2.80 bits per heavy atom. The fourth-order valence-electron chi connectivity index (χ4n) is 1.73. The molecule has 0 heterocycles. The number of carbonyl (C=O) groups excluding carboxylic acids is 2. The maximum absolute atomic E-state index is 11.8. The summed E-state index contributed by atoms with van der Waals surface area (Å²) in [4.78, 5) is 23.5. The first kappa shape index (κ1) is 14.5. The zero-order chi connectivity index (χ0) is 14.4. The average molecular weight is 277 g/mol. The van der Waals surface area contributed by atoms with Gasteiger partial charge in [-0.15, -0.1) is 0 Å². The molecule has 1 aromatic rings. The number of hydrogen-bond donors (Lipinski definition) is 1. The molecule has 20 heavy (non-hydrogen) atoms. The van der Waals surface area contributed by atoms with Gasteiger partial charge >= 0.3 is 5.97 Å². The van der Waals surface area contributed by atoms with Crippen LogP contribution in [0.3, 0.4) is 0 Å². The van der Waals surface area contributed by atoms with Crippen LogP contribution in [-0.2, 0) is 14.3 Å². The van der Waals surface area contributed by atoms with Gasteiger partial charge in [0.05, 0.1) is 12.2 Å². The van der Waals surface area contributed by atoms with Crippen molar-refractivity contribution in [2.24, 2.45) is 5.92 Å². The summed E-state index contributed by atoms with van der Waals surface area (Å²) in [5, 5.41) is 2.80. The molecule has 5 heteroatoms. The molecule has 1 aliphatic carbocycles. The molecule has 2 rings (SSSR count). The van der Waals surface area contributed by atoms with Crippen molar-refractivity contribution in [3.8, 4) is 0 Å². The lowest BCUT2D eigenvalue weighted by Gasteiger charge is -2.07. The normalized spacial score (nSPS) is 13.8. The molecule has 0 aromatic heterocycles. The summed E-state index contributed by atoms with van der Waals surface area (Å²) >= 11 is 0. The average Bonchev–Trinajstić information content (AvgIpc) is 3.28. The van der Waals surface area contributed by atoms with Crippen molar-refractivity contribution in [1.82, 2.24) is 0 Å². The summed E-state index contributed by atoms with van der Waals surface area (Å²) in [6.45, 7) is 3.10. The predicted molar refractivity (Wildman–Crippen MR) is 74.6 cm³/mol. The first-order valence-corrected chi connectivity index (χ1v) is 6.86. The van der Waals surface area contributed by atoms with Gasteiger partial charge in [0.15, 0.2) is 0 Å². The van der Waals surface area contributed by atoms with Gasteiger partial charge in [0.25, 0.3) is 0 Å². The van der Waals surface area contributed by atoms with Gasteiger partial charge in [0.2, 0.25) is 5.91 Å². The third kappa shape index (κ3) is 4.35. The van der Waals surface area contributed by atoms with Gasteiger partial charge in [-0.05, 0) is 38.0 Å². The highest BCUT2D eigenvalue weighted by Gasteiger charge is 2.29. The van der Waals surface area contributed by atoms with Gasteiger partial charge in [-0.3, -0.25) is 4.79 Å². The van der Waals surface area contributed by atoms with Crippen LogP contribution < -0.4 is 5.32 Å². The highest BCUT2D eigenvalue weighted by Crippen LogP contribution is 2.30. The Kier molecular flexibility index (Phi) is 5.12. The summed E-state index contributed by atoms with van der Waals surface area (Å²) in [7, 11) is 0. The number of rotatable bonds is 7. The van der Waals surface area contributed by atoms with E-state index in [0.29, 0.717) is 24.5 Å². The van der Waals surface area contributed by atoms with Crippen molar-refractivity contribution in [3.63, 3.8) is 0 Å². The molecule has 0 saturated heterocycles. The molecule has 0 bridgehead atoms. The molecular formula is C15H19NO4. The van der Waals surface area contributed by atoms with E-state index in [1.807, 2.05) is 6.92 Å². The number of anilines is 1. The number of benzene rings is 1. The molecule has 0 aliphatic heterocycles. The third-order valence-electron chi connectivity index (χ3n) is 2.98. The molecule has 0 unspecified atom stereocenters. The standard InChI is InChI=1S/C15H19NO4/c1-2-19-8-9-20-15(18)12-4-3-5-13(10-12)16-14(17)11-6-7-11/h3-5,10-11H,2,6-9H2,1H3,(H,16,17). The summed E-state index contributed by atoms with van der Waals surface area (Å²) in [5.74, 6) is -0.254. The fraction of sp³-hybridized carbons (Fsp3) is 0.467. The second-order valence-corrected chi connectivity index (χ2v) is 4.68. The lowest BCUT2D eigenvalue weighted by atomic mass is 10.2. The van der Waals surface area contributed by atoms with Crippen molar-refractivity contribution in [3.05, 3.63) is 29.8 Å². The molecule has 1 amide bonds. The number of carbonyl (C=O) groups is 2. The van der Waals surface area contributed by atoms with Crippen LogP contribution in [-0.4, -0.2) is 31.7 Å². The minimum atomic E-state index is -0.410. The van der Waals surface area contributed by atoms with Gasteiger partial charge in [-0.25, -0.2) is 4.79 Å². The van der Waals surface area contributed by atoms with Gasteiger partial charge in [0, 0.05) is 18.2 Å². The summed E-state index contributed by atoms with van der Waals surface area (Å²) in [5.41, 5.74) is 1.05. The van der Waals surface area contributed by atoms with Crippen molar-refractivity contribution in [2.75, 3.05) is 25.1 Å². The summed E-state index contributed by atoms with van der Waals surface area (Å²) < 4.78 is 10.2. The van der Waals surface area contributed by atoms with E-state index in [0.717, 1.165) is 12.8 Å². The van der Waals surface area contributed by atoms with Crippen molar-refractivity contribution in [2.45, 2.75) is 19.8 Å². The van der Waals surface area contributed by atoms with E-state index in [2.05, 4.69) is 5.32 Å². The van der Waals surface area contributed by atoms with E-state index < -0.39 is 5.97 Å². The fourth-order valence-corrected chi connectivity index (χ4v) is 1.73. The molecule has 108 valence electrons. The quantitative estimate of drug-likeness (QED) is 0.613. The molecule has 0 atom stereocenters. The molecule has 0 spiro atoms. The van der Waals surface area contributed by atoms with E-state index in [1.54, 1.807) is 24.3 Å². The van der Waals surface area contributed by atoms with Crippen molar-refractivity contribution in [1.29, 1.82) is 0 Å². The van der Waals surface area contributed by atoms with Crippen LogP contribution in [0.2, 0.25) is 0 Å². The molecule has 1 N–H and O–H groups in total. The molecular weight excluding hydrogens is 258 g/mol. The number of amides is 1. The van der Waals surface area contributed by atoms with Crippen LogP contribution in [0, 0.1) is 5.92 Å². The summed E-state index contributed by atoms with van der Waals surface area (Å²) in [6.07, 6.45) is 1.90. The Balaban J connectivity index is 1.87. The van der Waals surface area contributed by atoms with E-state index >= 15 is 0 Å². The molecule has 1 fully saturated rings. The number of nitrogens with one attached hydrogen (secondary N) is 1. The minimum Gasteiger partial charge on any atom is -0.460 e. The zero-order valence-corrected chi connectivity index (χ0v) is 11.6. The summed E-state index contributed by atoms with van der Waals surface area (Å²) in [6, 6.07) is 6.78. The zero-order valence-electron chi connectivity index (χ0n) is 11.6. The molecule has 1 saturated carbocycles. The first-order valence-electron chi connectivity index (χ1n) is 6.86. The molecule has 0 radical (unpaired) electrons. The van der Waals surface area contributed by atoms with E-state index in [1.165, 1.54) is 0 Å². The molecule has 1 aliphatic rings. The van der Waals surface area contributed by atoms with Gasteiger partial charge < -0.3 is 14.8 Å². The monoisotopic (exact) mass is 277 g/mol.